The molecule has 0 spiro atoms. The summed E-state index contributed by atoms with van der Waals surface area (Å²) in [5.74, 6) is -0.645. The second-order valence-corrected chi connectivity index (χ2v) is 5.50. The number of hydrogen-bond donors (Lipinski definition) is 2. The van der Waals surface area contributed by atoms with E-state index in [2.05, 4.69) is 0 Å². The van der Waals surface area contributed by atoms with Gasteiger partial charge in [-0.2, -0.15) is 0 Å². The summed E-state index contributed by atoms with van der Waals surface area (Å²) in [6, 6.07) is 0. The van der Waals surface area contributed by atoms with Gasteiger partial charge in [-0.05, 0) is 25.3 Å². The Balaban J connectivity index is 3.14. The highest BCUT2D eigenvalue weighted by Crippen LogP contribution is 2.31. The molecule has 4 N–H and O–H groups in total. The number of carbonyl (C=O) groups is 2. The summed E-state index contributed by atoms with van der Waals surface area (Å²) in [6.45, 7) is 7.14. The van der Waals surface area contributed by atoms with Gasteiger partial charge in [-0.15, -0.1) is 11.3 Å². The highest BCUT2D eigenvalue weighted by Gasteiger charge is 2.25. The van der Waals surface area contributed by atoms with Crippen LogP contribution in [0.3, 0.4) is 0 Å². The Morgan fingerprint density at radius 1 is 1.21 bits per heavy atom. The molecule has 5 nitrogen and oxygen atoms in total. The standard InChI is InChI=1S/C13H21N3O2S/c1-4-6-16(7-5-2)13(18)9-8(3)10(11(14)17)19-12(9)15/h4-7,15H2,1-3H3,(H2,14,17). The summed E-state index contributed by atoms with van der Waals surface area (Å²) in [4.78, 5) is 25.9. The first-order valence-electron chi connectivity index (χ1n) is 6.41. The fourth-order valence-corrected chi connectivity index (χ4v) is 2.97. The molecular formula is C13H21N3O2S. The number of hydrogen-bond acceptors (Lipinski definition) is 4. The van der Waals surface area contributed by atoms with Crippen LogP contribution in [0.15, 0.2) is 0 Å². The van der Waals surface area contributed by atoms with Gasteiger partial charge in [0.25, 0.3) is 11.8 Å². The molecule has 0 saturated carbocycles. The van der Waals surface area contributed by atoms with Crippen LogP contribution in [0.4, 0.5) is 5.00 Å². The number of rotatable bonds is 6. The summed E-state index contributed by atoms with van der Waals surface area (Å²) in [7, 11) is 0. The third kappa shape index (κ3) is 3.26. The van der Waals surface area contributed by atoms with Crippen LogP contribution in [-0.2, 0) is 0 Å². The lowest BCUT2D eigenvalue weighted by Gasteiger charge is -2.21. The molecule has 0 aliphatic rings. The predicted octanol–water partition coefficient (Wildman–Crippen LogP) is 2.00. The Kier molecular flexibility index (Phi) is 5.35. The van der Waals surface area contributed by atoms with Gasteiger partial charge in [0.1, 0.15) is 0 Å². The van der Waals surface area contributed by atoms with E-state index in [9.17, 15) is 9.59 Å². The second kappa shape index (κ2) is 6.56. The molecule has 0 atom stereocenters. The molecule has 0 aliphatic carbocycles. The molecule has 0 aliphatic heterocycles. The maximum Gasteiger partial charge on any atom is 0.259 e. The van der Waals surface area contributed by atoms with Crippen molar-refractivity contribution in [3.05, 3.63) is 16.0 Å². The fourth-order valence-electron chi connectivity index (χ4n) is 2.05. The number of carbonyl (C=O) groups excluding carboxylic acids is 2. The van der Waals surface area contributed by atoms with Crippen LogP contribution in [0, 0.1) is 6.92 Å². The lowest BCUT2D eigenvalue weighted by molar-refractivity contribution is 0.0756. The van der Waals surface area contributed by atoms with Gasteiger partial charge < -0.3 is 16.4 Å². The lowest BCUT2D eigenvalue weighted by atomic mass is 10.1. The quantitative estimate of drug-likeness (QED) is 0.836. The second-order valence-electron chi connectivity index (χ2n) is 4.45. The van der Waals surface area contributed by atoms with Gasteiger partial charge in [0.15, 0.2) is 0 Å². The number of primary amides is 1. The van der Waals surface area contributed by atoms with Gasteiger partial charge in [-0.3, -0.25) is 9.59 Å². The first-order valence-corrected chi connectivity index (χ1v) is 7.23. The monoisotopic (exact) mass is 283 g/mol. The van der Waals surface area contributed by atoms with Crippen molar-refractivity contribution in [3.8, 4) is 0 Å². The average molecular weight is 283 g/mol. The molecule has 1 rings (SSSR count). The summed E-state index contributed by atoms with van der Waals surface area (Å²) in [6.07, 6.45) is 1.77. The van der Waals surface area contributed by atoms with Crippen molar-refractivity contribution in [2.75, 3.05) is 18.8 Å². The normalized spacial score (nSPS) is 10.5. The minimum atomic E-state index is -0.536. The minimum absolute atomic E-state index is 0.109. The molecule has 106 valence electrons. The van der Waals surface area contributed by atoms with Gasteiger partial charge in [0, 0.05) is 13.1 Å². The third-order valence-electron chi connectivity index (χ3n) is 2.89. The van der Waals surface area contributed by atoms with Crippen molar-refractivity contribution in [1.82, 2.24) is 4.90 Å². The van der Waals surface area contributed by atoms with Gasteiger partial charge >= 0.3 is 0 Å². The average Bonchev–Trinajstić information content (AvgIpc) is 2.64. The molecule has 0 unspecified atom stereocenters. The van der Waals surface area contributed by atoms with Crippen LogP contribution in [-0.4, -0.2) is 29.8 Å². The van der Waals surface area contributed by atoms with Crippen molar-refractivity contribution < 1.29 is 9.59 Å². The first-order chi connectivity index (χ1) is 8.93. The smallest absolute Gasteiger partial charge is 0.259 e. The molecule has 0 fully saturated rings. The van der Waals surface area contributed by atoms with Gasteiger partial charge in [0.05, 0.1) is 15.4 Å². The number of nitrogen functional groups attached to an aromatic ring is 1. The molecule has 2 amide bonds. The van der Waals surface area contributed by atoms with E-state index in [1.165, 1.54) is 0 Å². The Morgan fingerprint density at radius 2 is 1.74 bits per heavy atom. The lowest BCUT2D eigenvalue weighted by Crippen LogP contribution is -2.33. The molecule has 0 saturated heterocycles. The molecule has 6 heteroatoms. The van der Waals surface area contributed by atoms with E-state index < -0.39 is 5.91 Å². The maximum absolute atomic E-state index is 12.5. The van der Waals surface area contributed by atoms with Crippen LogP contribution < -0.4 is 11.5 Å². The topological polar surface area (TPSA) is 89.4 Å². The van der Waals surface area contributed by atoms with Gasteiger partial charge in [-0.25, -0.2) is 0 Å². The Morgan fingerprint density at radius 3 is 2.11 bits per heavy atom. The van der Waals surface area contributed by atoms with E-state index in [4.69, 9.17) is 11.5 Å². The Labute approximate surface area is 117 Å². The van der Waals surface area contributed by atoms with Crippen LogP contribution >= 0.6 is 11.3 Å². The van der Waals surface area contributed by atoms with Crippen molar-refractivity contribution in [1.29, 1.82) is 0 Å². The van der Waals surface area contributed by atoms with Crippen LogP contribution in [0.1, 0.15) is 52.3 Å². The number of anilines is 1. The zero-order valence-electron chi connectivity index (χ0n) is 11.7. The van der Waals surface area contributed by atoms with E-state index in [-0.39, 0.29) is 5.91 Å². The predicted molar refractivity (Wildman–Crippen MR) is 78.5 cm³/mol. The molecule has 1 aromatic rings. The molecular weight excluding hydrogens is 262 g/mol. The third-order valence-corrected chi connectivity index (χ3v) is 4.02. The van der Waals surface area contributed by atoms with Crippen LogP contribution in [0.5, 0.6) is 0 Å². The zero-order chi connectivity index (χ0) is 14.6. The summed E-state index contributed by atoms with van der Waals surface area (Å²) < 4.78 is 0. The van der Waals surface area contributed by atoms with Crippen LogP contribution in [0.2, 0.25) is 0 Å². The van der Waals surface area contributed by atoms with E-state index in [1.807, 2.05) is 13.8 Å². The van der Waals surface area contributed by atoms with Gasteiger partial charge in [-0.1, -0.05) is 13.8 Å². The molecule has 0 radical (unpaired) electrons. The molecule has 1 aromatic heterocycles. The molecule has 1 heterocycles. The van der Waals surface area contributed by atoms with E-state index in [0.717, 1.165) is 24.2 Å². The van der Waals surface area contributed by atoms with E-state index in [1.54, 1.807) is 11.8 Å². The van der Waals surface area contributed by atoms with Crippen molar-refractivity contribution in [2.24, 2.45) is 5.73 Å². The summed E-state index contributed by atoms with van der Waals surface area (Å²) in [5.41, 5.74) is 12.2. The van der Waals surface area contributed by atoms with Crippen molar-refractivity contribution in [3.63, 3.8) is 0 Å². The van der Waals surface area contributed by atoms with Crippen LogP contribution in [0.25, 0.3) is 0 Å². The Bertz CT molecular complexity index is 476. The van der Waals surface area contributed by atoms with Gasteiger partial charge in [0.2, 0.25) is 0 Å². The number of amides is 2. The minimum Gasteiger partial charge on any atom is -0.390 e. The van der Waals surface area contributed by atoms with Crippen molar-refractivity contribution in [2.45, 2.75) is 33.6 Å². The number of nitrogens with two attached hydrogens (primary N) is 2. The Hall–Kier alpha value is -1.56. The first kappa shape index (κ1) is 15.5. The largest absolute Gasteiger partial charge is 0.390 e. The number of nitrogens with zero attached hydrogens (tertiary/aromatic N) is 1. The fraction of sp³-hybridized carbons (Fsp3) is 0.538. The number of thiophene rings is 1. The highest BCUT2D eigenvalue weighted by molar-refractivity contribution is 7.18. The molecule has 19 heavy (non-hydrogen) atoms. The summed E-state index contributed by atoms with van der Waals surface area (Å²) in [5, 5.41) is 0.369. The maximum atomic E-state index is 12.5. The zero-order valence-corrected chi connectivity index (χ0v) is 12.5. The van der Waals surface area contributed by atoms with E-state index >= 15 is 0 Å². The van der Waals surface area contributed by atoms with E-state index in [0.29, 0.717) is 34.1 Å². The summed E-state index contributed by atoms with van der Waals surface area (Å²) >= 11 is 1.09. The van der Waals surface area contributed by atoms with Crippen molar-refractivity contribution >= 4 is 28.2 Å². The SMILES string of the molecule is CCCN(CCC)C(=O)c1c(N)sc(C(N)=O)c1C. The molecule has 0 bridgehead atoms. The molecule has 0 aromatic carbocycles. The highest BCUT2D eigenvalue weighted by atomic mass is 32.1.